The second-order valence-corrected chi connectivity index (χ2v) is 6.77. The van der Waals surface area contributed by atoms with Gasteiger partial charge in [-0.1, -0.05) is 76.9 Å². The van der Waals surface area contributed by atoms with Crippen molar-refractivity contribution >= 4 is 57.4 Å². The van der Waals surface area contributed by atoms with Crippen molar-refractivity contribution in [3.63, 3.8) is 0 Å². The van der Waals surface area contributed by atoms with E-state index in [0.717, 1.165) is 10.9 Å². The summed E-state index contributed by atoms with van der Waals surface area (Å²) in [5, 5.41) is 5.48. The van der Waals surface area contributed by atoms with Crippen LogP contribution < -0.4 is 5.32 Å². The molecule has 1 atom stereocenters. The molecular formula is C15H11Cl3N2S. The van der Waals surface area contributed by atoms with E-state index in [4.69, 9.17) is 34.8 Å². The summed E-state index contributed by atoms with van der Waals surface area (Å²) in [5.41, 5.74) is 1.92. The third-order valence-corrected chi connectivity index (χ3v) is 5.09. The predicted octanol–water partition coefficient (Wildman–Crippen LogP) is 5.90. The SMILES string of the molecule is Clc1cc(Cl)c(NC2=NC(c3ccccc3)CS2)cc1Cl. The third-order valence-electron chi connectivity index (χ3n) is 3.09. The summed E-state index contributed by atoms with van der Waals surface area (Å²) in [6, 6.07) is 13.7. The smallest absolute Gasteiger partial charge is 0.161 e. The molecular weight excluding hydrogens is 347 g/mol. The van der Waals surface area contributed by atoms with Crippen LogP contribution in [0.25, 0.3) is 0 Å². The molecule has 0 aliphatic carbocycles. The Labute approximate surface area is 142 Å². The minimum absolute atomic E-state index is 0.167. The number of halogens is 3. The van der Waals surface area contributed by atoms with Gasteiger partial charge in [0.1, 0.15) is 0 Å². The summed E-state index contributed by atoms with van der Waals surface area (Å²) in [7, 11) is 0. The standard InChI is InChI=1S/C15H11Cl3N2S/c16-10-6-12(18)13(7-11(10)17)19-15-20-14(8-21-15)9-4-2-1-3-5-9/h1-7,14H,8H2,(H,19,20). The Bertz CT molecular complexity index is 689. The number of nitrogens with zero attached hydrogens (tertiary/aromatic N) is 1. The highest BCUT2D eigenvalue weighted by atomic mass is 35.5. The first kappa shape index (κ1) is 15.0. The van der Waals surface area contributed by atoms with Gasteiger partial charge in [-0.25, -0.2) is 0 Å². The van der Waals surface area contributed by atoms with E-state index in [1.165, 1.54) is 5.56 Å². The van der Waals surface area contributed by atoms with E-state index >= 15 is 0 Å². The van der Waals surface area contributed by atoms with E-state index in [1.54, 1.807) is 23.9 Å². The maximum Gasteiger partial charge on any atom is 0.161 e. The van der Waals surface area contributed by atoms with Crippen molar-refractivity contribution in [2.75, 3.05) is 11.1 Å². The van der Waals surface area contributed by atoms with E-state index in [0.29, 0.717) is 20.8 Å². The van der Waals surface area contributed by atoms with Gasteiger partial charge in [-0.15, -0.1) is 0 Å². The molecule has 0 fully saturated rings. The molecule has 0 saturated heterocycles. The lowest BCUT2D eigenvalue weighted by atomic mass is 10.1. The van der Waals surface area contributed by atoms with Crippen molar-refractivity contribution in [1.82, 2.24) is 0 Å². The Hall–Kier alpha value is -0.870. The zero-order valence-electron chi connectivity index (χ0n) is 10.8. The van der Waals surface area contributed by atoms with Gasteiger partial charge in [0.15, 0.2) is 5.17 Å². The summed E-state index contributed by atoms with van der Waals surface area (Å²) >= 11 is 19.8. The van der Waals surface area contributed by atoms with Gasteiger partial charge < -0.3 is 5.32 Å². The van der Waals surface area contributed by atoms with Crippen LogP contribution in [0.5, 0.6) is 0 Å². The van der Waals surface area contributed by atoms with E-state index in [2.05, 4.69) is 22.4 Å². The van der Waals surface area contributed by atoms with Crippen LogP contribution in [0.15, 0.2) is 47.5 Å². The molecule has 0 amide bonds. The summed E-state index contributed by atoms with van der Waals surface area (Å²) in [4.78, 5) is 4.68. The van der Waals surface area contributed by atoms with Gasteiger partial charge in [-0.05, 0) is 17.7 Å². The average Bonchev–Trinajstić information content (AvgIpc) is 2.94. The fraction of sp³-hybridized carbons (Fsp3) is 0.133. The van der Waals surface area contributed by atoms with Crippen LogP contribution in [0.3, 0.4) is 0 Å². The van der Waals surface area contributed by atoms with Gasteiger partial charge in [0.05, 0.1) is 26.8 Å². The molecule has 0 bridgehead atoms. The fourth-order valence-corrected chi connectivity index (χ4v) is 3.58. The minimum atomic E-state index is 0.167. The molecule has 0 spiro atoms. The van der Waals surface area contributed by atoms with Crippen LogP contribution in [0.1, 0.15) is 11.6 Å². The topological polar surface area (TPSA) is 24.4 Å². The fourth-order valence-electron chi connectivity index (χ4n) is 2.02. The Morgan fingerprint density at radius 2 is 1.71 bits per heavy atom. The molecule has 2 aromatic rings. The molecule has 3 rings (SSSR count). The van der Waals surface area contributed by atoms with Crippen LogP contribution in [0, 0.1) is 0 Å². The Morgan fingerprint density at radius 3 is 2.48 bits per heavy atom. The van der Waals surface area contributed by atoms with Crippen molar-refractivity contribution < 1.29 is 0 Å². The van der Waals surface area contributed by atoms with Crippen molar-refractivity contribution in [2.24, 2.45) is 4.99 Å². The van der Waals surface area contributed by atoms with Gasteiger partial charge >= 0.3 is 0 Å². The zero-order chi connectivity index (χ0) is 14.8. The number of anilines is 1. The van der Waals surface area contributed by atoms with Crippen LogP contribution >= 0.6 is 46.6 Å². The Kier molecular flexibility index (Phi) is 4.65. The minimum Gasteiger partial charge on any atom is -0.334 e. The second kappa shape index (κ2) is 6.49. The van der Waals surface area contributed by atoms with Gasteiger partial charge in [-0.2, -0.15) is 0 Å². The van der Waals surface area contributed by atoms with Crippen LogP contribution in [0.4, 0.5) is 5.69 Å². The van der Waals surface area contributed by atoms with Crippen molar-refractivity contribution in [3.8, 4) is 0 Å². The molecule has 2 aromatic carbocycles. The lowest BCUT2D eigenvalue weighted by Gasteiger charge is -2.08. The summed E-state index contributed by atoms with van der Waals surface area (Å²) in [6.07, 6.45) is 0. The Balaban J connectivity index is 1.79. The van der Waals surface area contributed by atoms with Crippen molar-refractivity contribution in [1.29, 1.82) is 0 Å². The second-order valence-electron chi connectivity index (χ2n) is 4.54. The molecule has 0 radical (unpaired) electrons. The number of benzene rings is 2. The van der Waals surface area contributed by atoms with E-state index < -0.39 is 0 Å². The number of thioether (sulfide) groups is 1. The maximum absolute atomic E-state index is 6.16. The maximum atomic E-state index is 6.16. The molecule has 1 N–H and O–H groups in total. The van der Waals surface area contributed by atoms with Crippen molar-refractivity contribution in [3.05, 3.63) is 63.1 Å². The normalized spacial score (nSPS) is 17.7. The Morgan fingerprint density at radius 1 is 1.00 bits per heavy atom. The molecule has 1 unspecified atom stereocenters. The molecule has 6 heteroatoms. The zero-order valence-corrected chi connectivity index (χ0v) is 13.9. The van der Waals surface area contributed by atoms with Crippen LogP contribution in [0.2, 0.25) is 15.1 Å². The van der Waals surface area contributed by atoms with Gasteiger partial charge in [-0.3, -0.25) is 4.99 Å². The average molecular weight is 358 g/mol. The predicted molar refractivity (Wildman–Crippen MR) is 94.2 cm³/mol. The number of aliphatic imine (C=N–C) groups is 1. The van der Waals surface area contributed by atoms with E-state index in [1.807, 2.05) is 18.2 Å². The first-order chi connectivity index (χ1) is 10.1. The summed E-state index contributed by atoms with van der Waals surface area (Å²) in [6.45, 7) is 0. The molecule has 0 saturated carbocycles. The van der Waals surface area contributed by atoms with Gasteiger partial charge in [0.25, 0.3) is 0 Å². The largest absolute Gasteiger partial charge is 0.334 e. The van der Waals surface area contributed by atoms with Crippen molar-refractivity contribution in [2.45, 2.75) is 6.04 Å². The van der Waals surface area contributed by atoms with E-state index in [-0.39, 0.29) is 6.04 Å². The summed E-state index contributed by atoms with van der Waals surface area (Å²) < 4.78 is 0. The monoisotopic (exact) mass is 356 g/mol. The first-order valence-electron chi connectivity index (χ1n) is 6.30. The van der Waals surface area contributed by atoms with Crippen LogP contribution in [-0.2, 0) is 0 Å². The highest BCUT2D eigenvalue weighted by molar-refractivity contribution is 8.14. The number of nitrogens with one attached hydrogen (secondary N) is 1. The van der Waals surface area contributed by atoms with E-state index in [9.17, 15) is 0 Å². The highest BCUT2D eigenvalue weighted by Crippen LogP contribution is 2.35. The summed E-state index contributed by atoms with van der Waals surface area (Å²) in [5.74, 6) is 0.908. The lowest BCUT2D eigenvalue weighted by Crippen LogP contribution is -2.05. The van der Waals surface area contributed by atoms with Crippen LogP contribution in [-0.4, -0.2) is 10.9 Å². The molecule has 108 valence electrons. The molecule has 1 aliphatic rings. The quantitative estimate of drug-likeness (QED) is 0.676. The number of amidine groups is 1. The first-order valence-corrected chi connectivity index (χ1v) is 8.42. The van der Waals surface area contributed by atoms with Gasteiger partial charge in [0, 0.05) is 5.75 Å². The number of rotatable bonds is 2. The number of hydrogen-bond acceptors (Lipinski definition) is 3. The molecule has 1 heterocycles. The highest BCUT2D eigenvalue weighted by Gasteiger charge is 2.20. The third kappa shape index (κ3) is 3.49. The molecule has 21 heavy (non-hydrogen) atoms. The lowest BCUT2D eigenvalue weighted by molar-refractivity contribution is 0.849. The molecule has 1 aliphatic heterocycles. The van der Waals surface area contributed by atoms with Gasteiger partial charge in [0.2, 0.25) is 0 Å². The molecule has 2 nitrogen and oxygen atoms in total. The number of hydrogen-bond donors (Lipinski definition) is 1. The molecule has 0 aromatic heterocycles.